The smallest absolute Gasteiger partial charge is 0.232 e. The van der Waals surface area contributed by atoms with Crippen molar-refractivity contribution in [2.24, 2.45) is 12.5 Å². The summed E-state index contributed by atoms with van der Waals surface area (Å²) in [5.74, 6) is 0.607. The molecular formula is C25H31N2+. The van der Waals surface area contributed by atoms with E-state index in [1.807, 2.05) is 11.6 Å². The molecule has 27 heavy (non-hydrogen) atoms. The summed E-state index contributed by atoms with van der Waals surface area (Å²) in [4.78, 5) is 4.63. The molecule has 0 aliphatic heterocycles. The molecule has 0 saturated heterocycles. The number of aromatic nitrogens is 2. The van der Waals surface area contributed by atoms with Gasteiger partial charge in [-0.25, -0.2) is 4.57 Å². The fraction of sp³-hybridized carbons (Fsp3) is 0.440. The maximum atomic E-state index is 8.46. The number of hydrogen-bond donors (Lipinski definition) is 0. The lowest BCUT2D eigenvalue weighted by Gasteiger charge is -2.17. The Morgan fingerprint density at radius 2 is 1.93 bits per heavy atom. The van der Waals surface area contributed by atoms with Crippen LogP contribution >= 0.6 is 0 Å². The molecule has 0 N–H and O–H groups in total. The quantitative estimate of drug-likeness (QED) is 0.516. The van der Waals surface area contributed by atoms with E-state index in [4.69, 9.17) is 1.37 Å². The molecule has 1 unspecified atom stereocenters. The van der Waals surface area contributed by atoms with Crippen LogP contribution in [0.4, 0.5) is 0 Å². The van der Waals surface area contributed by atoms with Crippen molar-refractivity contribution in [3.63, 3.8) is 0 Å². The monoisotopic (exact) mass is 360 g/mol. The lowest BCUT2D eigenvalue weighted by atomic mass is 9.88. The van der Waals surface area contributed by atoms with Crippen molar-refractivity contribution < 1.29 is 5.94 Å². The largest absolute Gasteiger partial charge is 0.287 e. The predicted octanol–water partition coefficient (Wildman–Crippen LogP) is 5.95. The van der Waals surface area contributed by atoms with E-state index in [0.29, 0.717) is 17.6 Å². The minimum atomic E-state index is 0.310. The van der Waals surface area contributed by atoms with Gasteiger partial charge in [-0.2, -0.15) is 0 Å². The number of benzene rings is 2. The van der Waals surface area contributed by atoms with Gasteiger partial charge in [0.05, 0.1) is 12.4 Å². The highest BCUT2D eigenvalue weighted by Gasteiger charge is 2.32. The van der Waals surface area contributed by atoms with Crippen molar-refractivity contribution in [2.45, 2.75) is 59.8 Å². The topological polar surface area (TPSA) is 16.8 Å². The molecule has 0 amide bonds. The molecule has 2 aromatic carbocycles. The van der Waals surface area contributed by atoms with Crippen molar-refractivity contribution in [1.82, 2.24) is 4.98 Å². The molecule has 1 aromatic heterocycles. The first kappa shape index (κ1) is 16.9. The van der Waals surface area contributed by atoms with Crippen LogP contribution in [-0.2, 0) is 7.05 Å². The molecule has 0 bridgehead atoms. The molecule has 3 aromatic rings. The summed E-state index contributed by atoms with van der Waals surface area (Å²) >= 11 is 0. The maximum absolute atomic E-state index is 8.46. The Bertz CT molecular complexity index is 1080. The van der Waals surface area contributed by atoms with Gasteiger partial charge in [0.1, 0.15) is 5.69 Å². The van der Waals surface area contributed by atoms with Gasteiger partial charge in [-0.15, -0.1) is 0 Å². The lowest BCUT2D eigenvalue weighted by molar-refractivity contribution is -0.662. The molecular weight excluding hydrogens is 328 g/mol. The zero-order chi connectivity index (χ0) is 20.2. The first-order chi connectivity index (χ1) is 13.2. The van der Waals surface area contributed by atoms with E-state index in [9.17, 15) is 0 Å². The van der Waals surface area contributed by atoms with E-state index in [0.717, 1.165) is 16.6 Å². The molecule has 2 heteroatoms. The van der Waals surface area contributed by atoms with Crippen LogP contribution in [-0.4, -0.2) is 4.98 Å². The summed E-state index contributed by atoms with van der Waals surface area (Å²) in [5.41, 5.74) is 8.86. The molecule has 0 radical (unpaired) electrons. The van der Waals surface area contributed by atoms with E-state index in [1.54, 1.807) is 0 Å². The maximum Gasteiger partial charge on any atom is 0.287 e. The molecule has 1 heterocycles. The van der Waals surface area contributed by atoms with Crippen molar-refractivity contribution in [2.75, 3.05) is 0 Å². The Labute approximate surface area is 164 Å². The van der Waals surface area contributed by atoms with Crippen LogP contribution in [0, 0.1) is 26.2 Å². The van der Waals surface area contributed by atoms with Gasteiger partial charge in [-0.05, 0) is 91.2 Å². The van der Waals surface area contributed by atoms with Crippen LogP contribution < -0.4 is 4.57 Å². The summed E-state index contributed by atoms with van der Waals surface area (Å²) in [6.45, 7) is 11.2. The molecule has 1 aliphatic carbocycles. The van der Waals surface area contributed by atoms with Crippen LogP contribution in [0.25, 0.3) is 22.2 Å². The van der Waals surface area contributed by atoms with Gasteiger partial charge < -0.3 is 0 Å². The van der Waals surface area contributed by atoms with E-state index >= 15 is 0 Å². The number of rotatable bonds is 2. The molecule has 2 nitrogen and oxygen atoms in total. The van der Waals surface area contributed by atoms with Crippen LogP contribution in [0.15, 0.2) is 36.6 Å². The van der Waals surface area contributed by atoms with Gasteiger partial charge in [-0.1, -0.05) is 31.5 Å². The normalized spacial score (nSPS) is 19.5. The second-order valence-corrected chi connectivity index (χ2v) is 9.25. The van der Waals surface area contributed by atoms with Gasteiger partial charge in [0, 0.05) is 5.56 Å². The van der Waals surface area contributed by atoms with Crippen LogP contribution in [0.5, 0.6) is 0 Å². The zero-order valence-electron chi connectivity index (χ0n) is 18.5. The van der Waals surface area contributed by atoms with Gasteiger partial charge >= 0.3 is 0 Å². The summed E-state index contributed by atoms with van der Waals surface area (Å²) in [5, 5.41) is 1.13. The summed E-state index contributed by atoms with van der Waals surface area (Å²) in [7, 11) is 1.95. The fourth-order valence-electron chi connectivity index (χ4n) is 4.79. The van der Waals surface area contributed by atoms with E-state index < -0.39 is 0 Å². The summed E-state index contributed by atoms with van der Waals surface area (Å²) in [6.07, 6.45) is 4.07. The van der Waals surface area contributed by atoms with E-state index in [2.05, 4.69) is 69.9 Å². The Kier molecular flexibility index (Phi) is 4.03. The van der Waals surface area contributed by atoms with Crippen molar-refractivity contribution in [3.05, 3.63) is 58.9 Å². The number of aryl methyl sites for hydroxylation is 2. The Hall–Kier alpha value is -2.22. The third-order valence-electron chi connectivity index (χ3n) is 6.44. The van der Waals surface area contributed by atoms with Gasteiger partial charge in [0.25, 0.3) is 6.30 Å². The number of fused-ring (bicyclic) bond motifs is 1. The number of hydrogen-bond acceptors (Lipinski definition) is 1. The van der Waals surface area contributed by atoms with Crippen molar-refractivity contribution in [1.29, 1.82) is 0 Å². The highest BCUT2D eigenvalue weighted by atomic mass is 15.0. The fourth-order valence-corrected chi connectivity index (χ4v) is 4.79. The first-order valence-corrected chi connectivity index (χ1v) is 10.0. The van der Waals surface area contributed by atoms with Crippen molar-refractivity contribution >= 4 is 10.9 Å². The lowest BCUT2D eigenvalue weighted by Crippen LogP contribution is -2.32. The molecule has 0 spiro atoms. The minimum absolute atomic E-state index is 0.310. The van der Waals surface area contributed by atoms with E-state index in [-0.39, 0.29) is 0 Å². The second-order valence-electron chi connectivity index (χ2n) is 9.25. The Morgan fingerprint density at radius 3 is 2.63 bits per heavy atom. The van der Waals surface area contributed by atoms with Gasteiger partial charge in [0.2, 0.25) is 0 Å². The standard InChI is InChI=1S/C25H31N2/c1-16-11-17(2)18(3)22(12-16)24-21-8-7-19(13-23(21)26-15-27(24)6)20-9-10-25(4,5)14-20/h7-8,11-13,15,20H,9-10,14H2,1-6H3/q+1/i15D. The summed E-state index contributed by atoms with van der Waals surface area (Å²) < 4.78 is 10.4. The Morgan fingerprint density at radius 1 is 1.15 bits per heavy atom. The molecule has 1 fully saturated rings. The van der Waals surface area contributed by atoms with E-state index in [1.165, 1.54) is 47.1 Å². The predicted molar refractivity (Wildman–Crippen MR) is 113 cm³/mol. The third-order valence-corrected chi connectivity index (χ3v) is 6.44. The highest BCUT2D eigenvalue weighted by Crippen LogP contribution is 2.46. The van der Waals surface area contributed by atoms with Crippen LogP contribution in [0.1, 0.15) is 62.7 Å². The average Bonchev–Trinajstić information content (AvgIpc) is 2.99. The second kappa shape index (κ2) is 6.44. The Balaban J connectivity index is 1.92. The number of nitrogens with zero attached hydrogens (tertiary/aromatic N) is 2. The van der Waals surface area contributed by atoms with Crippen LogP contribution in [0.3, 0.4) is 0 Å². The molecule has 1 saturated carbocycles. The highest BCUT2D eigenvalue weighted by molar-refractivity contribution is 5.92. The van der Waals surface area contributed by atoms with Gasteiger partial charge in [-0.3, -0.25) is 0 Å². The first-order valence-electron chi connectivity index (χ1n) is 10.5. The summed E-state index contributed by atoms with van der Waals surface area (Å²) in [6, 6.07) is 11.2. The molecule has 1 aliphatic rings. The van der Waals surface area contributed by atoms with Gasteiger partial charge in [0.15, 0.2) is 6.89 Å². The third kappa shape index (κ3) is 3.26. The zero-order valence-corrected chi connectivity index (χ0v) is 17.5. The minimum Gasteiger partial charge on any atom is -0.232 e. The molecule has 1 atom stereocenters. The van der Waals surface area contributed by atoms with Crippen LogP contribution in [0.2, 0.25) is 0 Å². The molecule has 4 rings (SSSR count). The average molecular weight is 361 g/mol. The SMILES string of the molecule is [2H]c1nc2cc(C3CCC(C)(C)C3)ccc2c(-c2cc(C)cc(C)c2C)[n+]1C. The molecule has 140 valence electrons. The van der Waals surface area contributed by atoms with Crippen molar-refractivity contribution in [3.8, 4) is 11.3 Å².